The zero-order chi connectivity index (χ0) is 13.1. The predicted molar refractivity (Wildman–Crippen MR) is 59.6 cm³/mol. The minimum atomic E-state index is -0.639. The van der Waals surface area contributed by atoms with Gasteiger partial charge in [-0.2, -0.15) is 0 Å². The Labute approximate surface area is 104 Å². The first kappa shape index (κ1) is 12.5. The van der Waals surface area contributed by atoms with Crippen molar-refractivity contribution in [3.05, 3.63) is 5.82 Å². The van der Waals surface area contributed by atoms with Gasteiger partial charge in [0.15, 0.2) is 0 Å². The second-order valence-corrected chi connectivity index (χ2v) is 4.13. The molecule has 1 aliphatic carbocycles. The topological polar surface area (TPSA) is 99.0 Å². The van der Waals surface area contributed by atoms with Gasteiger partial charge in [-0.3, -0.25) is 4.79 Å². The lowest BCUT2D eigenvalue weighted by Gasteiger charge is -2.12. The van der Waals surface area contributed by atoms with Gasteiger partial charge in [0.25, 0.3) is 5.82 Å². The quantitative estimate of drug-likeness (QED) is 0.722. The number of carbonyl (C=O) groups excluding carboxylic acids is 2. The van der Waals surface area contributed by atoms with Crippen LogP contribution in [-0.4, -0.2) is 44.7 Å². The van der Waals surface area contributed by atoms with Crippen molar-refractivity contribution in [2.45, 2.75) is 38.8 Å². The summed E-state index contributed by atoms with van der Waals surface area (Å²) < 4.78 is 5.99. The van der Waals surface area contributed by atoms with E-state index in [1.807, 2.05) is 0 Å². The van der Waals surface area contributed by atoms with Crippen molar-refractivity contribution in [1.82, 2.24) is 25.5 Å². The van der Waals surface area contributed by atoms with Crippen molar-refractivity contribution in [3.63, 3.8) is 0 Å². The SMILES string of the molecule is CCOC(=O)c1nnnn1C(C)C(=O)NC1CC1. The van der Waals surface area contributed by atoms with Crippen LogP contribution >= 0.6 is 0 Å². The van der Waals surface area contributed by atoms with Gasteiger partial charge in [0.05, 0.1) is 6.61 Å². The number of carbonyl (C=O) groups is 2. The lowest BCUT2D eigenvalue weighted by atomic mass is 10.3. The Morgan fingerprint density at radius 2 is 2.28 bits per heavy atom. The lowest BCUT2D eigenvalue weighted by Crippen LogP contribution is -2.34. The van der Waals surface area contributed by atoms with Crippen molar-refractivity contribution in [2.75, 3.05) is 6.61 Å². The Balaban J connectivity index is 2.09. The Hall–Kier alpha value is -1.99. The van der Waals surface area contributed by atoms with Crippen molar-refractivity contribution < 1.29 is 14.3 Å². The van der Waals surface area contributed by atoms with Gasteiger partial charge in [-0.15, -0.1) is 5.10 Å². The van der Waals surface area contributed by atoms with Crippen LogP contribution < -0.4 is 5.32 Å². The molecule has 0 saturated heterocycles. The van der Waals surface area contributed by atoms with Gasteiger partial charge in [0, 0.05) is 6.04 Å². The van der Waals surface area contributed by atoms with Gasteiger partial charge < -0.3 is 10.1 Å². The number of aromatic nitrogens is 4. The van der Waals surface area contributed by atoms with Crippen LogP contribution in [0.15, 0.2) is 0 Å². The summed E-state index contributed by atoms with van der Waals surface area (Å²) in [5, 5.41) is 13.5. The molecule has 1 aromatic rings. The summed E-state index contributed by atoms with van der Waals surface area (Å²) in [6.07, 6.45) is 2.00. The fraction of sp³-hybridized carbons (Fsp3) is 0.700. The second-order valence-electron chi connectivity index (χ2n) is 4.13. The number of amides is 1. The number of nitrogens with one attached hydrogen (secondary N) is 1. The van der Waals surface area contributed by atoms with Gasteiger partial charge >= 0.3 is 5.97 Å². The van der Waals surface area contributed by atoms with E-state index in [1.54, 1.807) is 13.8 Å². The molecule has 1 aromatic heterocycles. The molecule has 0 radical (unpaired) electrons. The normalized spacial score (nSPS) is 16.1. The van der Waals surface area contributed by atoms with Gasteiger partial charge in [-0.05, 0) is 37.1 Å². The van der Waals surface area contributed by atoms with Crippen molar-refractivity contribution in [1.29, 1.82) is 0 Å². The van der Waals surface area contributed by atoms with Gasteiger partial charge in [-0.25, -0.2) is 9.48 Å². The number of rotatable bonds is 5. The van der Waals surface area contributed by atoms with Crippen LogP contribution in [0.2, 0.25) is 0 Å². The summed E-state index contributed by atoms with van der Waals surface area (Å²) in [5.74, 6) is -0.890. The fourth-order valence-corrected chi connectivity index (χ4v) is 1.45. The van der Waals surface area contributed by atoms with Gasteiger partial charge in [-0.1, -0.05) is 0 Å². The van der Waals surface area contributed by atoms with Crippen LogP contribution in [0, 0.1) is 0 Å². The number of hydrogen-bond acceptors (Lipinski definition) is 6. The zero-order valence-electron chi connectivity index (χ0n) is 10.3. The molecular formula is C10H15N5O3. The molecule has 0 aliphatic heterocycles. The highest BCUT2D eigenvalue weighted by Gasteiger charge is 2.29. The third-order valence-corrected chi connectivity index (χ3v) is 2.62. The van der Waals surface area contributed by atoms with Crippen molar-refractivity contribution in [3.8, 4) is 0 Å². The molecule has 1 atom stereocenters. The van der Waals surface area contributed by atoms with E-state index in [0.717, 1.165) is 12.8 Å². The highest BCUT2D eigenvalue weighted by Crippen LogP contribution is 2.20. The second kappa shape index (κ2) is 5.11. The van der Waals surface area contributed by atoms with E-state index in [1.165, 1.54) is 4.68 Å². The van der Waals surface area contributed by atoms with E-state index < -0.39 is 12.0 Å². The molecule has 8 heteroatoms. The number of tetrazole rings is 1. The summed E-state index contributed by atoms with van der Waals surface area (Å²) in [7, 11) is 0. The van der Waals surface area contributed by atoms with Crippen molar-refractivity contribution in [2.24, 2.45) is 0 Å². The Kier molecular flexibility index (Phi) is 3.54. The molecule has 0 bridgehead atoms. The summed E-state index contributed by atoms with van der Waals surface area (Å²) in [4.78, 5) is 23.4. The standard InChI is InChI=1S/C10H15N5O3/c1-3-18-10(17)8-12-13-14-15(8)6(2)9(16)11-7-4-5-7/h6-7H,3-5H2,1-2H3,(H,11,16). The molecular weight excluding hydrogens is 238 g/mol. The molecule has 2 rings (SSSR count). The van der Waals surface area contributed by atoms with E-state index >= 15 is 0 Å². The van der Waals surface area contributed by atoms with Crippen molar-refractivity contribution >= 4 is 11.9 Å². The van der Waals surface area contributed by atoms with E-state index in [0.29, 0.717) is 0 Å². The number of hydrogen-bond donors (Lipinski definition) is 1. The summed E-state index contributed by atoms with van der Waals surface area (Å²) >= 11 is 0. The predicted octanol–water partition coefficient (Wildman–Crippen LogP) is -0.311. The smallest absolute Gasteiger partial charge is 0.378 e. The first-order chi connectivity index (χ1) is 8.63. The van der Waals surface area contributed by atoms with E-state index in [9.17, 15) is 9.59 Å². The van der Waals surface area contributed by atoms with Gasteiger partial charge in [0.2, 0.25) is 5.91 Å². The van der Waals surface area contributed by atoms with Crippen LogP contribution in [-0.2, 0) is 9.53 Å². The third kappa shape index (κ3) is 2.63. The molecule has 0 aromatic carbocycles. The Morgan fingerprint density at radius 1 is 1.56 bits per heavy atom. The van der Waals surface area contributed by atoms with Crippen LogP contribution in [0.1, 0.15) is 43.3 Å². The maximum Gasteiger partial charge on any atom is 0.378 e. The average molecular weight is 253 g/mol. The molecule has 1 amide bonds. The first-order valence-electron chi connectivity index (χ1n) is 5.88. The van der Waals surface area contributed by atoms with E-state index in [-0.39, 0.29) is 24.4 Å². The van der Waals surface area contributed by atoms with Crippen LogP contribution in [0.3, 0.4) is 0 Å². The molecule has 8 nitrogen and oxygen atoms in total. The lowest BCUT2D eigenvalue weighted by molar-refractivity contribution is -0.124. The molecule has 98 valence electrons. The molecule has 1 unspecified atom stereocenters. The number of esters is 1. The maximum atomic E-state index is 11.8. The van der Waals surface area contributed by atoms with E-state index in [2.05, 4.69) is 20.8 Å². The Morgan fingerprint density at radius 3 is 2.89 bits per heavy atom. The first-order valence-corrected chi connectivity index (χ1v) is 5.88. The molecule has 1 heterocycles. The molecule has 0 spiro atoms. The third-order valence-electron chi connectivity index (χ3n) is 2.62. The van der Waals surface area contributed by atoms with Gasteiger partial charge in [0.1, 0.15) is 6.04 Å². The minimum absolute atomic E-state index is 0.0599. The molecule has 1 aliphatic rings. The fourth-order valence-electron chi connectivity index (χ4n) is 1.45. The van der Waals surface area contributed by atoms with E-state index in [4.69, 9.17) is 4.74 Å². The maximum absolute atomic E-state index is 11.8. The van der Waals surface area contributed by atoms with Crippen LogP contribution in [0.5, 0.6) is 0 Å². The molecule has 1 saturated carbocycles. The molecule has 18 heavy (non-hydrogen) atoms. The summed E-state index contributed by atoms with van der Waals surface area (Å²) in [6, 6.07) is -0.387. The summed E-state index contributed by atoms with van der Waals surface area (Å²) in [6.45, 7) is 3.56. The summed E-state index contributed by atoms with van der Waals surface area (Å²) in [5.41, 5.74) is 0. The minimum Gasteiger partial charge on any atom is -0.460 e. The highest BCUT2D eigenvalue weighted by atomic mass is 16.5. The number of ether oxygens (including phenoxy) is 1. The van der Waals surface area contributed by atoms with Crippen LogP contribution in [0.25, 0.3) is 0 Å². The molecule has 1 fully saturated rings. The average Bonchev–Trinajstić information content (AvgIpc) is 3.02. The monoisotopic (exact) mass is 253 g/mol. The largest absolute Gasteiger partial charge is 0.460 e. The zero-order valence-corrected chi connectivity index (χ0v) is 10.3. The van der Waals surface area contributed by atoms with Crippen LogP contribution in [0.4, 0.5) is 0 Å². The molecule has 1 N–H and O–H groups in total. The Bertz CT molecular complexity index is 454. The number of nitrogens with zero attached hydrogens (tertiary/aromatic N) is 4. The highest BCUT2D eigenvalue weighted by molar-refractivity contribution is 5.87.